The Morgan fingerprint density at radius 2 is 2.11 bits per heavy atom. The molecule has 0 fully saturated rings. The molecule has 0 amide bonds. The van der Waals surface area contributed by atoms with E-state index in [1.54, 1.807) is 12.4 Å². The Kier molecular flexibility index (Phi) is 3.32. The summed E-state index contributed by atoms with van der Waals surface area (Å²) in [5.74, 6) is -2.00. The molecule has 2 rings (SSSR count). The molecule has 5 nitrogen and oxygen atoms in total. The van der Waals surface area contributed by atoms with Gasteiger partial charge in [0.15, 0.2) is 5.69 Å². The molecule has 19 heavy (non-hydrogen) atoms. The van der Waals surface area contributed by atoms with E-state index >= 15 is 0 Å². The third-order valence-corrected chi connectivity index (χ3v) is 2.30. The van der Waals surface area contributed by atoms with Gasteiger partial charge in [-0.25, -0.2) is 4.68 Å². The van der Waals surface area contributed by atoms with Crippen LogP contribution in [0.5, 0.6) is 0 Å². The van der Waals surface area contributed by atoms with Crippen molar-refractivity contribution in [1.82, 2.24) is 20.0 Å². The lowest BCUT2D eigenvalue weighted by atomic mass is 10.2. The highest BCUT2D eigenvalue weighted by Gasteiger charge is 2.41. The molecule has 100 valence electrons. The number of carbonyl (C=O) groups is 1. The van der Waals surface area contributed by atoms with Crippen molar-refractivity contribution in [1.29, 1.82) is 0 Å². The fourth-order valence-corrected chi connectivity index (χ4v) is 1.52. The second-order valence-electron chi connectivity index (χ2n) is 4.00. The lowest BCUT2D eigenvalue weighted by Crippen LogP contribution is -2.23. The van der Waals surface area contributed by atoms with Gasteiger partial charge in [-0.15, -0.1) is 5.10 Å². The first-order valence-corrected chi connectivity index (χ1v) is 5.28. The molecule has 0 spiro atoms. The summed E-state index contributed by atoms with van der Waals surface area (Å²) in [4.78, 5) is 14.9. The standard InChI is InChI=1S/C11H9F3N4O/c1-7-2-8(4-15-3-7)5-18-6-9(16-17-18)10(19)11(12,13)14/h2-4,6H,5H2,1H3. The van der Waals surface area contributed by atoms with Gasteiger partial charge in [0, 0.05) is 12.4 Å². The second kappa shape index (κ2) is 4.79. The molecular formula is C11H9F3N4O. The minimum absolute atomic E-state index is 0.201. The Morgan fingerprint density at radius 3 is 2.74 bits per heavy atom. The Morgan fingerprint density at radius 1 is 1.37 bits per heavy atom. The van der Waals surface area contributed by atoms with Gasteiger partial charge in [0.05, 0.1) is 12.7 Å². The topological polar surface area (TPSA) is 60.7 Å². The van der Waals surface area contributed by atoms with Gasteiger partial charge in [0.1, 0.15) is 0 Å². The molecule has 2 heterocycles. The predicted molar refractivity (Wildman–Crippen MR) is 58.5 cm³/mol. The van der Waals surface area contributed by atoms with E-state index in [9.17, 15) is 18.0 Å². The van der Waals surface area contributed by atoms with E-state index in [0.717, 1.165) is 22.0 Å². The molecule has 0 aliphatic heterocycles. The highest BCUT2D eigenvalue weighted by atomic mass is 19.4. The van der Waals surface area contributed by atoms with Crippen molar-refractivity contribution in [3.8, 4) is 0 Å². The average Bonchev–Trinajstić information content (AvgIpc) is 2.75. The zero-order valence-electron chi connectivity index (χ0n) is 9.85. The lowest BCUT2D eigenvalue weighted by molar-refractivity contribution is -0.0888. The van der Waals surface area contributed by atoms with Crippen molar-refractivity contribution in [2.45, 2.75) is 19.6 Å². The molecule has 0 radical (unpaired) electrons. The van der Waals surface area contributed by atoms with E-state index in [1.807, 2.05) is 13.0 Å². The van der Waals surface area contributed by atoms with Crippen LogP contribution >= 0.6 is 0 Å². The summed E-state index contributed by atoms with van der Waals surface area (Å²) < 4.78 is 37.7. The highest BCUT2D eigenvalue weighted by molar-refractivity contribution is 5.98. The van der Waals surface area contributed by atoms with Crippen LogP contribution in [0.15, 0.2) is 24.7 Å². The molecule has 0 bridgehead atoms. The molecular weight excluding hydrogens is 261 g/mol. The maximum Gasteiger partial charge on any atom is 0.456 e. The van der Waals surface area contributed by atoms with Crippen LogP contribution in [-0.2, 0) is 6.54 Å². The highest BCUT2D eigenvalue weighted by Crippen LogP contribution is 2.20. The molecule has 0 saturated carbocycles. The lowest BCUT2D eigenvalue weighted by Gasteiger charge is -2.01. The maximum atomic E-state index is 12.2. The zero-order chi connectivity index (χ0) is 14.0. The number of halogens is 3. The second-order valence-corrected chi connectivity index (χ2v) is 4.00. The average molecular weight is 270 g/mol. The summed E-state index contributed by atoms with van der Waals surface area (Å²) >= 11 is 0. The number of aryl methyl sites for hydroxylation is 1. The molecule has 0 N–H and O–H groups in total. The number of hydrogen-bond donors (Lipinski definition) is 0. The van der Waals surface area contributed by atoms with Crippen LogP contribution in [0.25, 0.3) is 0 Å². The molecule has 2 aromatic heterocycles. The zero-order valence-corrected chi connectivity index (χ0v) is 9.85. The first kappa shape index (κ1) is 13.2. The number of aromatic nitrogens is 4. The van der Waals surface area contributed by atoms with E-state index < -0.39 is 17.7 Å². The fourth-order valence-electron chi connectivity index (χ4n) is 1.52. The Labute approximate surface area is 106 Å². The number of ketones is 1. The smallest absolute Gasteiger partial charge is 0.282 e. The number of Topliss-reactive ketones (excluding diaryl/α,β-unsaturated/α-hetero) is 1. The number of nitrogens with zero attached hydrogens (tertiary/aromatic N) is 4. The van der Waals surface area contributed by atoms with Crippen molar-refractivity contribution in [3.05, 3.63) is 41.5 Å². The predicted octanol–water partition coefficient (Wildman–Crippen LogP) is 1.77. The summed E-state index contributed by atoms with van der Waals surface area (Å²) in [6.07, 6.45) is -0.743. The number of carbonyl (C=O) groups excluding carboxylic acids is 1. The van der Waals surface area contributed by atoms with Gasteiger partial charge in [-0.2, -0.15) is 13.2 Å². The van der Waals surface area contributed by atoms with Crippen LogP contribution in [0, 0.1) is 6.92 Å². The van der Waals surface area contributed by atoms with Gasteiger partial charge in [-0.3, -0.25) is 9.78 Å². The Balaban J connectivity index is 2.16. The first-order chi connectivity index (χ1) is 8.86. The van der Waals surface area contributed by atoms with E-state index in [1.165, 1.54) is 0 Å². The molecule has 2 aromatic rings. The first-order valence-electron chi connectivity index (χ1n) is 5.28. The van der Waals surface area contributed by atoms with Crippen LogP contribution < -0.4 is 0 Å². The van der Waals surface area contributed by atoms with Crippen LogP contribution in [0.3, 0.4) is 0 Å². The summed E-state index contributed by atoms with van der Waals surface area (Å²) in [6, 6.07) is 1.82. The van der Waals surface area contributed by atoms with Crippen molar-refractivity contribution in [3.63, 3.8) is 0 Å². The summed E-state index contributed by atoms with van der Waals surface area (Å²) in [6.45, 7) is 2.04. The van der Waals surface area contributed by atoms with Crippen molar-refractivity contribution in [2.24, 2.45) is 0 Å². The molecule has 0 atom stereocenters. The molecule has 0 aliphatic rings. The summed E-state index contributed by atoms with van der Waals surface area (Å²) in [5, 5.41) is 6.72. The van der Waals surface area contributed by atoms with Gasteiger partial charge in [0.2, 0.25) is 0 Å². The van der Waals surface area contributed by atoms with E-state index in [2.05, 4.69) is 15.3 Å². The number of alkyl halides is 3. The summed E-state index contributed by atoms with van der Waals surface area (Å²) in [5.41, 5.74) is 0.966. The quantitative estimate of drug-likeness (QED) is 0.797. The van der Waals surface area contributed by atoms with Crippen molar-refractivity contribution in [2.75, 3.05) is 0 Å². The van der Waals surface area contributed by atoms with E-state index in [-0.39, 0.29) is 6.54 Å². The van der Waals surface area contributed by atoms with Crippen LogP contribution in [0.4, 0.5) is 13.2 Å². The minimum Gasteiger partial charge on any atom is -0.282 e. The largest absolute Gasteiger partial charge is 0.456 e. The maximum absolute atomic E-state index is 12.2. The van der Waals surface area contributed by atoms with Gasteiger partial charge in [-0.05, 0) is 18.1 Å². The van der Waals surface area contributed by atoms with Crippen molar-refractivity contribution < 1.29 is 18.0 Å². The number of hydrogen-bond acceptors (Lipinski definition) is 4. The Hall–Kier alpha value is -2.25. The molecule has 0 aliphatic carbocycles. The van der Waals surface area contributed by atoms with Crippen LogP contribution in [0.2, 0.25) is 0 Å². The Bertz CT molecular complexity index is 606. The van der Waals surface area contributed by atoms with E-state index in [0.29, 0.717) is 0 Å². The third-order valence-electron chi connectivity index (χ3n) is 2.30. The van der Waals surface area contributed by atoms with Crippen LogP contribution in [-0.4, -0.2) is 31.9 Å². The van der Waals surface area contributed by atoms with Gasteiger partial charge < -0.3 is 0 Å². The molecule has 0 aromatic carbocycles. The normalized spacial score (nSPS) is 11.6. The SMILES string of the molecule is Cc1cncc(Cn2cc(C(=O)C(F)(F)F)nn2)c1. The monoisotopic (exact) mass is 270 g/mol. The minimum atomic E-state index is -4.94. The fraction of sp³-hybridized carbons (Fsp3) is 0.273. The molecule has 8 heteroatoms. The third kappa shape index (κ3) is 3.15. The summed E-state index contributed by atoms with van der Waals surface area (Å²) in [7, 11) is 0. The number of pyridine rings is 1. The molecule has 0 unspecified atom stereocenters. The van der Waals surface area contributed by atoms with Crippen molar-refractivity contribution >= 4 is 5.78 Å². The van der Waals surface area contributed by atoms with Gasteiger partial charge in [0.25, 0.3) is 5.78 Å². The van der Waals surface area contributed by atoms with Gasteiger partial charge >= 0.3 is 6.18 Å². The molecule has 0 saturated heterocycles. The van der Waals surface area contributed by atoms with Crippen LogP contribution in [0.1, 0.15) is 21.6 Å². The number of rotatable bonds is 3. The van der Waals surface area contributed by atoms with E-state index in [4.69, 9.17) is 0 Å². The van der Waals surface area contributed by atoms with Gasteiger partial charge in [-0.1, -0.05) is 11.3 Å².